The largest absolute Gasteiger partial charge is 0.248 e. The first-order valence-corrected chi connectivity index (χ1v) is 10.1. The van der Waals surface area contributed by atoms with Gasteiger partial charge >= 0.3 is 0 Å². The summed E-state index contributed by atoms with van der Waals surface area (Å²) in [5.41, 5.74) is 0.738. The lowest BCUT2D eigenvalue weighted by atomic mass is 9.54. The van der Waals surface area contributed by atoms with E-state index in [4.69, 9.17) is 11.2 Å². The molecule has 2 atom stereocenters. The molecule has 1 heterocycles. The molecule has 2 unspecified atom stereocenters. The highest BCUT2D eigenvalue weighted by atomic mass is 32.8. The predicted molar refractivity (Wildman–Crippen MR) is 85.3 cm³/mol. The van der Waals surface area contributed by atoms with Gasteiger partial charge in [-0.3, -0.25) is 0 Å². The molecule has 106 valence electrons. The van der Waals surface area contributed by atoms with Crippen LogP contribution < -0.4 is 0 Å². The molecule has 2 aliphatic rings. The van der Waals surface area contributed by atoms with Crippen LogP contribution in [0.2, 0.25) is 0 Å². The van der Waals surface area contributed by atoms with Gasteiger partial charge in [0.05, 0.1) is 0 Å². The fraction of sp³-hybridized carbons (Fsp3) is 1.00. The van der Waals surface area contributed by atoms with Crippen molar-refractivity contribution in [2.24, 2.45) is 17.3 Å². The summed E-state index contributed by atoms with van der Waals surface area (Å²) in [4.78, 5) is 0. The van der Waals surface area contributed by atoms with E-state index >= 15 is 0 Å². The maximum Gasteiger partial charge on any atom is 0.00971 e. The van der Waals surface area contributed by atoms with E-state index in [-0.39, 0.29) is 9.64 Å². The van der Waals surface area contributed by atoms with Crippen LogP contribution in [0.3, 0.4) is 0 Å². The first-order chi connectivity index (χ1) is 8.53. The van der Waals surface area contributed by atoms with Crippen LogP contribution >= 0.6 is 0 Å². The van der Waals surface area contributed by atoms with Crippen LogP contribution in [0.15, 0.2) is 0 Å². The summed E-state index contributed by atoms with van der Waals surface area (Å²) in [6.07, 6.45) is 12.4. The van der Waals surface area contributed by atoms with Crippen LogP contribution in [-0.4, -0.2) is 23.7 Å². The third-order valence-electron chi connectivity index (χ3n) is 5.27. The van der Waals surface area contributed by atoms with Crippen molar-refractivity contribution in [1.29, 1.82) is 0 Å². The lowest BCUT2D eigenvalue weighted by molar-refractivity contribution is -0.0228. The number of rotatable bonds is 5. The van der Waals surface area contributed by atoms with Crippen LogP contribution in [0.4, 0.5) is 0 Å². The van der Waals surface area contributed by atoms with Gasteiger partial charge in [-0.1, -0.05) is 36.3 Å². The molecule has 0 amide bonds. The van der Waals surface area contributed by atoms with E-state index in [1.165, 1.54) is 58.0 Å². The number of hydrogen-bond acceptors (Lipinski definition) is 1. The Hall–Kier alpha value is 0.530. The molecule has 1 aliphatic heterocycles. The molecule has 0 N–H and O–H groups in total. The molecule has 0 aromatic carbocycles. The van der Waals surface area contributed by atoms with E-state index < -0.39 is 0 Å². The van der Waals surface area contributed by atoms with E-state index in [1.807, 2.05) is 0 Å². The van der Waals surface area contributed by atoms with Crippen LogP contribution in [-0.2, 0) is 20.8 Å². The van der Waals surface area contributed by atoms with Crippen molar-refractivity contribution in [3.8, 4) is 0 Å². The van der Waals surface area contributed by atoms with Crippen molar-refractivity contribution in [3.05, 3.63) is 0 Å². The van der Waals surface area contributed by atoms with Gasteiger partial charge in [-0.25, -0.2) is 4.31 Å². The van der Waals surface area contributed by atoms with Gasteiger partial charge in [0.25, 0.3) is 0 Å². The van der Waals surface area contributed by atoms with Crippen molar-refractivity contribution in [1.82, 2.24) is 4.31 Å². The van der Waals surface area contributed by atoms with E-state index in [9.17, 15) is 0 Å². The second-order valence-corrected chi connectivity index (χ2v) is 9.59. The zero-order chi connectivity index (χ0) is 13.2. The summed E-state index contributed by atoms with van der Waals surface area (Å²) in [6.45, 7) is 7.23. The summed E-state index contributed by atoms with van der Waals surface area (Å²) >= 11 is 5.41. The summed E-state index contributed by atoms with van der Waals surface area (Å²) in [5, 5.41) is 0. The molecular formula is C15H29NS2. The minimum atomic E-state index is 0.0808. The lowest BCUT2D eigenvalue weighted by Gasteiger charge is -2.54. The molecular weight excluding hydrogens is 258 g/mol. The van der Waals surface area contributed by atoms with Crippen LogP contribution in [0.1, 0.15) is 58.8 Å². The summed E-state index contributed by atoms with van der Waals surface area (Å²) in [5.74, 6) is 1.92. The van der Waals surface area contributed by atoms with Gasteiger partial charge in [-0.2, -0.15) is 0 Å². The Bertz CT molecular complexity index is 293. The van der Waals surface area contributed by atoms with Crippen molar-refractivity contribution < 1.29 is 0 Å². The minimum Gasteiger partial charge on any atom is -0.248 e. The Labute approximate surface area is 120 Å². The van der Waals surface area contributed by atoms with Gasteiger partial charge in [-0.05, 0) is 60.5 Å². The normalized spacial score (nSPS) is 29.4. The Balaban J connectivity index is 1.77. The average Bonchev–Trinajstić information content (AvgIpc) is 2.33. The molecule has 0 aromatic heterocycles. The topological polar surface area (TPSA) is 3.24 Å². The molecule has 2 rings (SSSR count). The van der Waals surface area contributed by atoms with Crippen LogP contribution in [0.25, 0.3) is 0 Å². The SMILES string of the molecule is CC(C)CCCC1CCC12CCN(S(C)=S)CC2. The molecule has 1 saturated carbocycles. The van der Waals surface area contributed by atoms with E-state index in [1.54, 1.807) is 0 Å². The lowest BCUT2D eigenvalue weighted by Crippen LogP contribution is -2.49. The fourth-order valence-corrected chi connectivity index (χ4v) is 4.97. The highest BCUT2D eigenvalue weighted by molar-refractivity contribution is 8.27. The zero-order valence-corrected chi connectivity index (χ0v) is 13.9. The fourth-order valence-electron chi connectivity index (χ4n) is 3.83. The van der Waals surface area contributed by atoms with E-state index in [0.717, 1.165) is 17.3 Å². The summed E-state index contributed by atoms with van der Waals surface area (Å²) < 4.78 is 2.52. The monoisotopic (exact) mass is 287 g/mol. The van der Waals surface area contributed by atoms with Gasteiger partial charge in [0.15, 0.2) is 0 Å². The highest BCUT2D eigenvalue weighted by Crippen LogP contribution is 2.55. The van der Waals surface area contributed by atoms with Crippen molar-refractivity contribution in [2.45, 2.75) is 58.8 Å². The van der Waals surface area contributed by atoms with E-state index in [0.29, 0.717) is 0 Å². The maximum atomic E-state index is 5.41. The van der Waals surface area contributed by atoms with Gasteiger partial charge in [0.1, 0.15) is 0 Å². The van der Waals surface area contributed by atoms with Gasteiger partial charge in [0, 0.05) is 19.3 Å². The van der Waals surface area contributed by atoms with Gasteiger partial charge < -0.3 is 0 Å². The van der Waals surface area contributed by atoms with Gasteiger partial charge in [0.2, 0.25) is 0 Å². The Morgan fingerprint density at radius 2 is 1.94 bits per heavy atom. The highest BCUT2D eigenvalue weighted by Gasteiger charge is 2.47. The minimum absolute atomic E-state index is 0.0808. The second kappa shape index (κ2) is 6.32. The molecule has 0 radical (unpaired) electrons. The number of nitrogens with zero attached hydrogens (tertiary/aromatic N) is 1. The third-order valence-corrected chi connectivity index (χ3v) is 7.00. The summed E-state index contributed by atoms with van der Waals surface area (Å²) in [6, 6.07) is 0. The van der Waals surface area contributed by atoms with Crippen molar-refractivity contribution in [3.63, 3.8) is 0 Å². The molecule has 1 aliphatic carbocycles. The maximum absolute atomic E-state index is 5.41. The Morgan fingerprint density at radius 3 is 2.39 bits per heavy atom. The molecule has 0 bridgehead atoms. The Morgan fingerprint density at radius 1 is 1.28 bits per heavy atom. The first-order valence-electron chi connectivity index (χ1n) is 7.62. The molecule has 1 spiro atoms. The molecule has 1 nitrogen and oxygen atoms in total. The first kappa shape index (κ1) is 14.9. The van der Waals surface area contributed by atoms with Crippen molar-refractivity contribution >= 4 is 20.8 Å². The standard InChI is InChI=1S/C15H29NS2/c1-13(2)5-4-6-14-7-8-15(14)9-11-16(12-10-15)18(3)17/h13-14H,4-12H2,1-3H3. The van der Waals surface area contributed by atoms with Crippen LogP contribution in [0, 0.1) is 17.3 Å². The third kappa shape index (κ3) is 3.34. The van der Waals surface area contributed by atoms with Crippen molar-refractivity contribution in [2.75, 3.05) is 19.3 Å². The average molecular weight is 288 g/mol. The second-order valence-electron chi connectivity index (χ2n) is 6.78. The zero-order valence-electron chi connectivity index (χ0n) is 12.3. The molecule has 1 saturated heterocycles. The Kier molecular flexibility index (Phi) is 5.24. The summed E-state index contributed by atoms with van der Waals surface area (Å²) in [7, 11) is 0.0808. The molecule has 2 fully saturated rings. The predicted octanol–water partition coefficient (Wildman–Crippen LogP) is 3.93. The smallest absolute Gasteiger partial charge is 0.00971 e. The number of piperidine rings is 1. The molecule has 18 heavy (non-hydrogen) atoms. The van der Waals surface area contributed by atoms with Crippen LogP contribution in [0.5, 0.6) is 0 Å². The van der Waals surface area contributed by atoms with Gasteiger partial charge in [-0.15, -0.1) is 0 Å². The quantitative estimate of drug-likeness (QED) is 0.754. The molecule has 3 heteroatoms. The number of hydrogen-bond donors (Lipinski definition) is 0. The molecule has 0 aromatic rings. The van der Waals surface area contributed by atoms with E-state index in [2.05, 4.69) is 24.4 Å².